The largest absolute Gasteiger partial charge is 0.422 e. The number of hydrogen-bond donors (Lipinski definition) is 2. The van der Waals surface area contributed by atoms with Crippen LogP contribution in [-0.2, 0) is 6.42 Å². The molecule has 2 aliphatic rings. The zero-order chi connectivity index (χ0) is 22.9. The van der Waals surface area contributed by atoms with E-state index in [0.29, 0.717) is 23.1 Å². The number of fused-ring (bicyclic) bond motifs is 2. The Hall–Kier alpha value is -4.32. The first-order valence-corrected chi connectivity index (χ1v) is 10.7. The lowest BCUT2D eigenvalue weighted by Crippen LogP contribution is -2.35. The summed E-state index contributed by atoms with van der Waals surface area (Å²) in [6.07, 6.45) is 10.6. The molecular weight excluding hydrogens is 414 g/mol. The van der Waals surface area contributed by atoms with Crippen molar-refractivity contribution in [3.05, 3.63) is 118 Å². The lowest BCUT2D eigenvalue weighted by Gasteiger charge is -2.25. The van der Waals surface area contributed by atoms with Crippen molar-refractivity contribution in [2.45, 2.75) is 19.5 Å². The van der Waals surface area contributed by atoms with E-state index in [1.54, 1.807) is 18.2 Å². The Labute approximate surface area is 191 Å². The molecule has 164 valence electrons. The molecule has 2 N–H and O–H groups in total. The summed E-state index contributed by atoms with van der Waals surface area (Å²) in [5.74, 6) is -0.510. The number of para-hydroxylation sites is 1. The van der Waals surface area contributed by atoms with Gasteiger partial charge in [0.05, 0.1) is 5.70 Å². The second-order valence-corrected chi connectivity index (χ2v) is 8.10. The van der Waals surface area contributed by atoms with Gasteiger partial charge in [0.1, 0.15) is 17.3 Å². The van der Waals surface area contributed by atoms with Crippen LogP contribution in [0.4, 0.5) is 5.69 Å². The normalized spacial score (nSPS) is 16.6. The molecule has 0 fully saturated rings. The van der Waals surface area contributed by atoms with E-state index in [-0.39, 0.29) is 11.7 Å². The fourth-order valence-corrected chi connectivity index (χ4v) is 4.15. The van der Waals surface area contributed by atoms with Gasteiger partial charge in [-0.1, -0.05) is 42.5 Å². The monoisotopic (exact) mass is 437 g/mol. The quantitative estimate of drug-likeness (QED) is 0.444. The molecule has 3 heterocycles. The van der Waals surface area contributed by atoms with Crippen molar-refractivity contribution in [2.24, 2.45) is 0 Å². The zero-order valence-electron chi connectivity index (χ0n) is 18.2. The SMILES string of the molecule is C=CCc1cccc2cc(C(=O)Nc3cccc(C4=CN5C=CC=C(C)[C@H]5N4)c3)c(=O)oc12. The minimum Gasteiger partial charge on any atom is -0.422 e. The summed E-state index contributed by atoms with van der Waals surface area (Å²) in [5, 5.41) is 7.02. The molecule has 0 bridgehead atoms. The van der Waals surface area contributed by atoms with Crippen LogP contribution in [0.25, 0.3) is 16.7 Å². The maximum absolute atomic E-state index is 12.9. The van der Waals surface area contributed by atoms with Crippen molar-refractivity contribution in [3.63, 3.8) is 0 Å². The van der Waals surface area contributed by atoms with Crippen LogP contribution in [0.2, 0.25) is 0 Å². The first kappa shape index (κ1) is 20.6. The number of rotatable bonds is 5. The van der Waals surface area contributed by atoms with Crippen LogP contribution in [0.15, 0.2) is 101 Å². The number of nitrogens with zero attached hydrogens (tertiary/aromatic N) is 1. The van der Waals surface area contributed by atoms with Gasteiger partial charge in [-0.15, -0.1) is 6.58 Å². The van der Waals surface area contributed by atoms with E-state index in [9.17, 15) is 9.59 Å². The minimum atomic E-state index is -0.668. The van der Waals surface area contributed by atoms with Gasteiger partial charge in [0, 0.05) is 29.0 Å². The number of allylic oxidation sites excluding steroid dienone is 3. The average Bonchev–Trinajstić information content (AvgIpc) is 3.25. The molecule has 0 spiro atoms. The van der Waals surface area contributed by atoms with E-state index >= 15 is 0 Å². The van der Waals surface area contributed by atoms with Crippen molar-refractivity contribution in [1.29, 1.82) is 0 Å². The van der Waals surface area contributed by atoms with Crippen LogP contribution < -0.4 is 16.3 Å². The van der Waals surface area contributed by atoms with Gasteiger partial charge in [0.15, 0.2) is 0 Å². The van der Waals surface area contributed by atoms with Crippen LogP contribution in [0.5, 0.6) is 0 Å². The number of amides is 1. The van der Waals surface area contributed by atoms with Gasteiger partial charge in [-0.2, -0.15) is 0 Å². The maximum Gasteiger partial charge on any atom is 0.349 e. The Bertz CT molecular complexity index is 1430. The lowest BCUT2D eigenvalue weighted by atomic mass is 10.1. The molecule has 0 unspecified atom stereocenters. The highest BCUT2D eigenvalue weighted by Crippen LogP contribution is 2.28. The standard InChI is InChI=1S/C27H23N3O3/c1-3-7-18-9-4-11-20-15-22(27(32)33-24(18)20)26(31)28-21-12-5-10-19(14-21)23-16-30-13-6-8-17(2)25(30)29-23/h3-6,8-16,25,29H,1,7H2,2H3,(H,28,31)/t25-/m0/s1. The molecule has 1 aromatic heterocycles. The lowest BCUT2D eigenvalue weighted by molar-refractivity contribution is 0.102. The summed E-state index contributed by atoms with van der Waals surface area (Å²) in [6.45, 7) is 5.82. The second kappa shape index (κ2) is 8.31. The predicted octanol–water partition coefficient (Wildman–Crippen LogP) is 4.78. The fourth-order valence-electron chi connectivity index (χ4n) is 4.15. The molecule has 6 nitrogen and oxygen atoms in total. The number of nitrogens with one attached hydrogen (secondary N) is 2. The summed E-state index contributed by atoms with van der Waals surface area (Å²) >= 11 is 0. The van der Waals surface area contributed by atoms with E-state index in [0.717, 1.165) is 16.8 Å². The topological polar surface area (TPSA) is 74.6 Å². The molecule has 0 aliphatic carbocycles. The van der Waals surface area contributed by atoms with Gasteiger partial charge in [0.2, 0.25) is 0 Å². The number of carbonyl (C=O) groups is 1. The molecule has 2 aromatic carbocycles. The van der Waals surface area contributed by atoms with Crippen molar-refractivity contribution in [3.8, 4) is 0 Å². The van der Waals surface area contributed by atoms with Crippen molar-refractivity contribution < 1.29 is 9.21 Å². The number of anilines is 1. The van der Waals surface area contributed by atoms with Crippen LogP contribution in [0.1, 0.15) is 28.4 Å². The van der Waals surface area contributed by atoms with E-state index in [4.69, 9.17) is 4.42 Å². The maximum atomic E-state index is 12.9. The summed E-state index contributed by atoms with van der Waals surface area (Å²) in [5.41, 5.74) is 4.32. The average molecular weight is 437 g/mol. The molecule has 3 aromatic rings. The summed E-state index contributed by atoms with van der Waals surface area (Å²) in [6, 6.07) is 14.7. The van der Waals surface area contributed by atoms with Gasteiger partial charge >= 0.3 is 5.63 Å². The van der Waals surface area contributed by atoms with Gasteiger partial charge in [-0.3, -0.25) is 4.79 Å². The van der Waals surface area contributed by atoms with E-state index in [2.05, 4.69) is 35.1 Å². The van der Waals surface area contributed by atoms with Crippen LogP contribution in [0.3, 0.4) is 0 Å². The van der Waals surface area contributed by atoms with Gasteiger partial charge in [0.25, 0.3) is 5.91 Å². The summed E-state index contributed by atoms with van der Waals surface area (Å²) < 4.78 is 5.50. The third-order valence-electron chi connectivity index (χ3n) is 5.80. The highest BCUT2D eigenvalue weighted by atomic mass is 16.4. The Kier molecular flexibility index (Phi) is 5.18. The van der Waals surface area contributed by atoms with Crippen LogP contribution in [0, 0.1) is 0 Å². The molecule has 0 saturated heterocycles. The van der Waals surface area contributed by atoms with Crippen molar-refractivity contribution >= 4 is 28.3 Å². The van der Waals surface area contributed by atoms with E-state index < -0.39 is 11.5 Å². The third kappa shape index (κ3) is 3.87. The Morgan fingerprint density at radius 3 is 2.91 bits per heavy atom. The van der Waals surface area contributed by atoms with Gasteiger partial charge in [-0.05, 0) is 48.8 Å². The Morgan fingerprint density at radius 1 is 1.24 bits per heavy atom. The molecule has 2 aliphatic heterocycles. The summed E-state index contributed by atoms with van der Waals surface area (Å²) in [7, 11) is 0. The molecular formula is C27H23N3O3. The molecule has 5 rings (SSSR count). The highest BCUT2D eigenvalue weighted by molar-refractivity contribution is 6.05. The van der Waals surface area contributed by atoms with Crippen LogP contribution in [-0.4, -0.2) is 17.0 Å². The molecule has 0 radical (unpaired) electrons. The number of hydrogen-bond acceptors (Lipinski definition) is 5. The molecule has 1 amide bonds. The van der Waals surface area contributed by atoms with Crippen molar-refractivity contribution in [1.82, 2.24) is 10.2 Å². The zero-order valence-corrected chi connectivity index (χ0v) is 18.2. The molecule has 1 atom stereocenters. The molecule has 33 heavy (non-hydrogen) atoms. The van der Waals surface area contributed by atoms with Crippen molar-refractivity contribution in [2.75, 3.05) is 5.32 Å². The molecule has 6 heteroatoms. The van der Waals surface area contributed by atoms with Gasteiger partial charge in [-0.25, -0.2) is 4.79 Å². The highest BCUT2D eigenvalue weighted by Gasteiger charge is 2.25. The van der Waals surface area contributed by atoms with Gasteiger partial charge < -0.3 is 20.0 Å². The van der Waals surface area contributed by atoms with E-state index in [1.165, 1.54) is 5.57 Å². The fraction of sp³-hybridized carbons (Fsp3) is 0.111. The Balaban J connectivity index is 1.40. The molecule has 0 saturated carbocycles. The smallest absolute Gasteiger partial charge is 0.349 e. The minimum absolute atomic E-state index is 0.0371. The first-order chi connectivity index (χ1) is 16.0. The predicted molar refractivity (Wildman–Crippen MR) is 130 cm³/mol. The first-order valence-electron chi connectivity index (χ1n) is 10.7. The number of benzene rings is 2. The summed E-state index contributed by atoms with van der Waals surface area (Å²) in [4.78, 5) is 27.6. The number of carbonyl (C=O) groups excluding carboxylic acids is 1. The third-order valence-corrected chi connectivity index (χ3v) is 5.80. The van der Waals surface area contributed by atoms with Crippen LogP contribution >= 0.6 is 0 Å². The Morgan fingerprint density at radius 2 is 2.09 bits per heavy atom. The van der Waals surface area contributed by atoms with E-state index in [1.807, 2.05) is 54.9 Å². The second-order valence-electron chi connectivity index (χ2n) is 8.10.